The van der Waals surface area contributed by atoms with Gasteiger partial charge >= 0.3 is 0 Å². The fourth-order valence-electron chi connectivity index (χ4n) is 4.47. The summed E-state index contributed by atoms with van der Waals surface area (Å²) in [6, 6.07) is 3.92. The predicted octanol–water partition coefficient (Wildman–Crippen LogP) is 2.31. The molecule has 1 aromatic rings. The first-order chi connectivity index (χ1) is 12.7. The molecule has 1 N–H and O–H groups in total. The fourth-order valence-corrected chi connectivity index (χ4v) is 4.47. The summed E-state index contributed by atoms with van der Waals surface area (Å²) in [4.78, 5) is 21.5. The van der Waals surface area contributed by atoms with Gasteiger partial charge in [-0.2, -0.15) is 0 Å². The van der Waals surface area contributed by atoms with Gasteiger partial charge in [-0.15, -0.1) is 0 Å². The van der Waals surface area contributed by atoms with E-state index in [1.54, 1.807) is 7.11 Å². The van der Waals surface area contributed by atoms with Crippen LogP contribution in [-0.2, 0) is 11.3 Å². The van der Waals surface area contributed by atoms with Gasteiger partial charge < -0.3 is 14.7 Å². The van der Waals surface area contributed by atoms with Crippen molar-refractivity contribution in [2.75, 3.05) is 33.3 Å². The van der Waals surface area contributed by atoms with E-state index in [1.165, 1.54) is 0 Å². The summed E-state index contributed by atoms with van der Waals surface area (Å²) >= 11 is 0. The second kappa shape index (κ2) is 7.76. The molecule has 2 atom stereocenters. The van der Waals surface area contributed by atoms with E-state index in [0.717, 1.165) is 51.0 Å². The van der Waals surface area contributed by atoms with Gasteiger partial charge in [-0.05, 0) is 24.8 Å². The molecular formula is C21H33N3O3. The topological polar surface area (TPSA) is 65.9 Å². The number of pyridine rings is 1. The second-order valence-electron chi connectivity index (χ2n) is 9.17. The third-order valence-electron chi connectivity index (χ3n) is 5.91. The number of amides is 1. The van der Waals surface area contributed by atoms with E-state index in [2.05, 4.69) is 9.88 Å². The normalized spacial score (nSPS) is 27.0. The predicted molar refractivity (Wildman–Crippen MR) is 104 cm³/mol. The third-order valence-corrected chi connectivity index (χ3v) is 5.91. The van der Waals surface area contributed by atoms with Crippen LogP contribution in [0.2, 0.25) is 0 Å². The summed E-state index contributed by atoms with van der Waals surface area (Å²) in [6.07, 6.45) is 4.18. The molecule has 1 aromatic heterocycles. The minimum atomic E-state index is -0.382. The van der Waals surface area contributed by atoms with Crippen LogP contribution in [0.4, 0.5) is 0 Å². The van der Waals surface area contributed by atoms with Crippen molar-refractivity contribution in [3.63, 3.8) is 0 Å². The van der Waals surface area contributed by atoms with Gasteiger partial charge in [0.2, 0.25) is 11.8 Å². The second-order valence-corrected chi connectivity index (χ2v) is 9.17. The smallest absolute Gasteiger partial charge is 0.227 e. The largest absolute Gasteiger partial charge is 0.481 e. The summed E-state index contributed by atoms with van der Waals surface area (Å²) in [5.41, 5.74) is 0.532. The monoisotopic (exact) mass is 375 g/mol. The lowest BCUT2D eigenvalue weighted by atomic mass is 9.71. The first-order valence-corrected chi connectivity index (χ1v) is 9.92. The first-order valence-electron chi connectivity index (χ1n) is 9.92. The van der Waals surface area contributed by atoms with Crippen molar-refractivity contribution in [2.24, 2.45) is 10.8 Å². The zero-order valence-corrected chi connectivity index (χ0v) is 17.1. The lowest BCUT2D eigenvalue weighted by Crippen LogP contribution is -2.60. The highest BCUT2D eigenvalue weighted by Crippen LogP contribution is 2.40. The zero-order valence-electron chi connectivity index (χ0n) is 17.1. The van der Waals surface area contributed by atoms with E-state index >= 15 is 0 Å². The minimum absolute atomic E-state index is 0.185. The summed E-state index contributed by atoms with van der Waals surface area (Å²) in [5, 5.41) is 10.8. The molecule has 1 amide bonds. The van der Waals surface area contributed by atoms with E-state index in [0.29, 0.717) is 12.4 Å². The molecular weight excluding hydrogens is 342 g/mol. The molecule has 0 unspecified atom stereocenters. The molecule has 2 fully saturated rings. The van der Waals surface area contributed by atoms with E-state index < -0.39 is 0 Å². The Hall–Kier alpha value is -1.66. The molecule has 0 aliphatic carbocycles. The van der Waals surface area contributed by atoms with Crippen LogP contribution in [0, 0.1) is 10.8 Å². The lowest BCUT2D eigenvalue weighted by Gasteiger charge is -2.51. The molecule has 0 aromatic carbocycles. The van der Waals surface area contributed by atoms with Crippen molar-refractivity contribution in [2.45, 2.75) is 52.7 Å². The molecule has 6 heteroatoms. The lowest BCUT2D eigenvalue weighted by molar-refractivity contribution is -0.149. The molecule has 2 aliphatic rings. The van der Waals surface area contributed by atoms with Gasteiger partial charge in [-0.1, -0.05) is 26.8 Å². The molecule has 0 radical (unpaired) electrons. The Kier molecular flexibility index (Phi) is 5.77. The Balaban J connectivity index is 1.70. The Morgan fingerprint density at radius 1 is 1.33 bits per heavy atom. The maximum Gasteiger partial charge on any atom is 0.227 e. The number of aliphatic hydroxyl groups excluding tert-OH is 1. The van der Waals surface area contributed by atoms with Gasteiger partial charge in [0.05, 0.1) is 13.2 Å². The number of carbonyl (C=O) groups is 1. The molecule has 150 valence electrons. The fraction of sp³-hybridized carbons (Fsp3) is 0.714. The Morgan fingerprint density at radius 3 is 2.74 bits per heavy atom. The first kappa shape index (κ1) is 20.1. The Labute approximate surface area is 162 Å². The Bertz CT molecular complexity index is 656. The maximum absolute atomic E-state index is 12.8. The number of ether oxygens (including phenoxy) is 1. The summed E-state index contributed by atoms with van der Waals surface area (Å²) in [5.74, 6) is 0.804. The van der Waals surface area contributed by atoms with Gasteiger partial charge in [0.15, 0.2) is 0 Å². The molecule has 27 heavy (non-hydrogen) atoms. The van der Waals surface area contributed by atoms with Gasteiger partial charge in [-0.3, -0.25) is 9.69 Å². The van der Waals surface area contributed by atoms with Crippen LogP contribution in [0.5, 0.6) is 5.88 Å². The van der Waals surface area contributed by atoms with Crippen molar-refractivity contribution in [3.8, 4) is 5.88 Å². The van der Waals surface area contributed by atoms with Gasteiger partial charge in [0, 0.05) is 55.8 Å². The molecule has 0 bridgehead atoms. The molecule has 1 spiro atoms. The number of hydrogen-bond acceptors (Lipinski definition) is 5. The van der Waals surface area contributed by atoms with Crippen LogP contribution >= 0.6 is 0 Å². The van der Waals surface area contributed by atoms with E-state index in [-0.39, 0.29) is 22.8 Å². The number of likely N-dealkylation sites (tertiary alicyclic amines) is 2. The van der Waals surface area contributed by atoms with Crippen LogP contribution in [0.1, 0.15) is 45.6 Å². The number of aliphatic hydroxyl groups is 1. The van der Waals surface area contributed by atoms with Crippen LogP contribution in [0.15, 0.2) is 18.3 Å². The van der Waals surface area contributed by atoms with Crippen molar-refractivity contribution >= 4 is 5.91 Å². The van der Waals surface area contributed by atoms with Crippen LogP contribution in [0.3, 0.4) is 0 Å². The SMILES string of the molecule is COc1ccc(CN2CC[C@@H](O)[C@]3(CCCN(C(=O)C(C)(C)C)C3)C2)cn1. The number of methoxy groups -OCH3 is 1. The molecule has 0 saturated carbocycles. The number of piperidine rings is 2. The van der Waals surface area contributed by atoms with Gasteiger partial charge in [0.1, 0.15) is 0 Å². The highest BCUT2D eigenvalue weighted by Gasteiger charge is 2.47. The van der Waals surface area contributed by atoms with Crippen molar-refractivity contribution < 1.29 is 14.6 Å². The number of rotatable bonds is 3. The molecule has 6 nitrogen and oxygen atoms in total. The Morgan fingerprint density at radius 2 is 2.11 bits per heavy atom. The van der Waals surface area contributed by atoms with E-state index in [4.69, 9.17) is 4.74 Å². The number of nitrogens with zero attached hydrogens (tertiary/aromatic N) is 3. The maximum atomic E-state index is 12.8. The van der Waals surface area contributed by atoms with Gasteiger partial charge in [-0.25, -0.2) is 4.98 Å². The highest BCUT2D eigenvalue weighted by atomic mass is 16.5. The van der Waals surface area contributed by atoms with Crippen molar-refractivity contribution in [1.29, 1.82) is 0 Å². The van der Waals surface area contributed by atoms with Gasteiger partial charge in [0.25, 0.3) is 0 Å². The third kappa shape index (κ3) is 4.43. The van der Waals surface area contributed by atoms with Crippen LogP contribution in [-0.4, -0.2) is 65.2 Å². The zero-order chi connectivity index (χ0) is 19.7. The molecule has 2 aliphatic heterocycles. The van der Waals surface area contributed by atoms with E-state index in [1.807, 2.05) is 44.0 Å². The minimum Gasteiger partial charge on any atom is -0.481 e. The quantitative estimate of drug-likeness (QED) is 0.878. The van der Waals surface area contributed by atoms with Crippen molar-refractivity contribution in [1.82, 2.24) is 14.8 Å². The molecule has 3 rings (SSSR count). The van der Waals surface area contributed by atoms with E-state index in [9.17, 15) is 9.90 Å². The average Bonchev–Trinajstić information content (AvgIpc) is 2.64. The van der Waals surface area contributed by atoms with Crippen LogP contribution in [0.25, 0.3) is 0 Å². The number of carbonyl (C=O) groups excluding carboxylic acids is 1. The summed E-state index contributed by atoms with van der Waals surface area (Å²) in [7, 11) is 1.62. The van der Waals surface area contributed by atoms with Crippen LogP contribution < -0.4 is 4.74 Å². The average molecular weight is 376 g/mol. The highest BCUT2D eigenvalue weighted by molar-refractivity contribution is 5.81. The summed E-state index contributed by atoms with van der Waals surface area (Å²) < 4.78 is 5.13. The van der Waals surface area contributed by atoms with Crippen molar-refractivity contribution in [3.05, 3.63) is 23.9 Å². The number of aromatic nitrogens is 1. The molecule has 2 saturated heterocycles. The number of hydrogen-bond donors (Lipinski definition) is 1. The standard InChI is InChI=1S/C21H33N3O3/c1-20(2,3)19(26)24-10-5-9-21(15-24)14-23(11-8-17(21)25)13-16-6-7-18(27-4)22-12-16/h6-7,12,17,25H,5,8-11,13-15H2,1-4H3/t17-,21-/m1/s1. The summed E-state index contributed by atoms with van der Waals surface area (Å²) in [6.45, 7) is 9.84. The molecule has 3 heterocycles.